The van der Waals surface area contributed by atoms with Gasteiger partial charge < -0.3 is 0 Å². The van der Waals surface area contributed by atoms with Gasteiger partial charge in [-0.2, -0.15) is 5.26 Å². The maximum atomic E-state index is 8.22. The van der Waals surface area contributed by atoms with Gasteiger partial charge >= 0.3 is 56.4 Å². The molecule has 0 aromatic carbocycles. The first-order valence-corrected chi connectivity index (χ1v) is 23.5. The summed E-state index contributed by atoms with van der Waals surface area (Å²) in [6.45, 7) is 4.04. The van der Waals surface area contributed by atoms with E-state index in [0.717, 1.165) is 12.8 Å². The third kappa shape index (κ3) is 41.8. The summed E-state index contributed by atoms with van der Waals surface area (Å²) in [5, 5.41) is 8.22. The molecule has 0 spiro atoms. The molecule has 0 aliphatic carbocycles. The van der Waals surface area contributed by atoms with Crippen LogP contribution in [0.2, 0.25) is 0 Å². The van der Waals surface area contributed by atoms with Gasteiger partial charge in [0.25, 0.3) is 0 Å². The zero-order valence-corrected chi connectivity index (χ0v) is 14.3. The third-order valence-corrected chi connectivity index (χ3v) is 0.942. The van der Waals surface area contributed by atoms with E-state index < -0.39 is 10.4 Å². The van der Waals surface area contributed by atoms with Crippen molar-refractivity contribution in [2.75, 3.05) is 0 Å². The summed E-state index contributed by atoms with van der Waals surface area (Å²) in [6.07, 6.45) is 2.16. The fourth-order valence-electron chi connectivity index (χ4n) is 0.498. The van der Waals surface area contributed by atoms with Crippen LogP contribution >= 0.6 is 45.9 Å². The Morgan fingerprint density at radius 2 is 1.54 bits per heavy atom. The Hall–Kier alpha value is 1.68. The van der Waals surface area contributed by atoms with Crippen LogP contribution in [0.4, 0.5) is 0 Å². The van der Waals surface area contributed by atoms with Gasteiger partial charge in [-0.25, -0.2) is 0 Å². The fraction of sp³-hybridized carbons (Fsp3) is 0.833. The molecule has 0 amide bonds. The molecule has 0 aliphatic rings. The second-order valence-electron chi connectivity index (χ2n) is 2.46. The van der Waals surface area contributed by atoms with Gasteiger partial charge in [-0.3, -0.25) is 0 Å². The van der Waals surface area contributed by atoms with Crippen LogP contribution in [0.25, 0.3) is 0 Å². The maximum absolute atomic E-state index is 8.22. The normalized spacial score (nSPS) is 15.7. The van der Waals surface area contributed by atoms with E-state index in [1.165, 1.54) is 0 Å². The zero-order valence-electron chi connectivity index (χ0n) is 7.28. The quantitative estimate of drug-likeness (QED) is 0.548. The first-order valence-electron chi connectivity index (χ1n) is 3.55. The van der Waals surface area contributed by atoms with Gasteiger partial charge in [0.15, 0.2) is 0 Å². The number of nitriles is 1. The molecule has 1 unspecified atom stereocenters. The molecule has 1 atom stereocenters. The Balaban J connectivity index is 0. The average molecular weight is 455 g/mol. The summed E-state index contributed by atoms with van der Waals surface area (Å²) in [4.78, 5) is 0. The summed E-state index contributed by atoms with van der Waals surface area (Å²) in [6, 6.07) is 2.17. The van der Waals surface area contributed by atoms with Gasteiger partial charge in [-0.05, 0) is 13.3 Å². The standard InChI is InChI=1S/C6H11N.5ClH.Ta/c1-3-4-6(2)5-7;;;;;;/h6H,3-4H2,1-2H3;5*1H;/q;;;;;;+5/p-5. The van der Waals surface area contributed by atoms with Crippen molar-refractivity contribution in [3.63, 3.8) is 0 Å². The minimum absolute atomic E-state index is 0.255. The number of hydrogen-bond donors (Lipinski definition) is 0. The predicted octanol–water partition coefficient (Wildman–Crippen LogP) is 5.39. The minimum atomic E-state index is -4.44. The average Bonchev–Trinajstić information content (AvgIpc) is 1.83. The van der Waals surface area contributed by atoms with Gasteiger partial charge in [0, 0.05) is 5.92 Å². The molecule has 0 N–H and O–H groups in total. The first kappa shape index (κ1) is 17.1. The number of halogens is 5. The van der Waals surface area contributed by atoms with E-state index >= 15 is 0 Å². The summed E-state index contributed by atoms with van der Waals surface area (Å²) >= 11 is 0. The first-order chi connectivity index (χ1) is 5.54. The van der Waals surface area contributed by atoms with E-state index in [2.05, 4.69) is 13.0 Å². The second kappa shape index (κ2) is 7.04. The van der Waals surface area contributed by atoms with Crippen LogP contribution in [0.15, 0.2) is 0 Å². The summed E-state index contributed by atoms with van der Waals surface area (Å²) < 4.78 is 0. The third-order valence-electron chi connectivity index (χ3n) is 0.942. The van der Waals surface area contributed by atoms with E-state index in [0.29, 0.717) is 0 Å². The Labute approximate surface area is 99.3 Å². The molecule has 0 aromatic rings. The van der Waals surface area contributed by atoms with E-state index in [-0.39, 0.29) is 5.92 Å². The molecular formula is C6H11Cl5NTa. The van der Waals surface area contributed by atoms with Crippen LogP contribution in [-0.4, -0.2) is 0 Å². The summed E-state index contributed by atoms with van der Waals surface area (Å²) in [5.74, 6) is 0.255. The number of hydrogen-bond acceptors (Lipinski definition) is 1. The molecule has 0 aliphatic heterocycles. The molecule has 0 aromatic heterocycles. The molecule has 0 heterocycles. The molecular weight excluding hydrogens is 444 g/mol. The Morgan fingerprint density at radius 1 is 1.23 bits per heavy atom. The van der Waals surface area contributed by atoms with Gasteiger partial charge in [-0.1, -0.05) is 13.3 Å². The van der Waals surface area contributed by atoms with E-state index in [4.69, 9.17) is 51.2 Å². The van der Waals surface area contributed by atoms with Crippen LogP contribution < -0.4 is 0 Å². The Kier molecular flexibility index (Phi) is 9.25. The van der Waals surface area contributed by atoms with Crippen molar-refractivity contribution < 1.29 is 10.4 Å². The van der Waals surface area contributed by atoms with Crippen molar-refractivity contribution >= 4 is 45.9 Å². The van der Waals surface area contributed by atoms with Crippen molar-refractivity contribution in [1.82, 2.24) is 0 Å². The Bertz CT molecular complexity index is 163. The number of rotatable bonds is 2. The van der Waals surface area contributed by atoms with Crippen molar-refractivity contribution in [3.05, 3.63) is 0 Å². The predicted molar refractivity (Wildman–Crippen MR) is 59.0 cm³/mol. The van der Waals surface area contributed by atoms with Crippen molar-refractivity contribution in [2.45, 2.75) is 26.7 Å². The molecule has 0 radical (unpaired) electrons. The molecule has 0 saturated heterocycles. The van der Waals surface area contributed by atoms with E-state index in [1.54, 1.807) is 0 Å². The number of nitrogens with zero attached hydrogens (tertiary/aromatic N) is 1. The van der Waals surface area contributed by atoms with Crippen molar-refractivity contribution in [2.24, 2.45) is 5.92 Å². The summed E-state index contributed by atoms with van der Waals surface area (Å²) in [5.41, 5.74) is 0. The molecule has 0 fully saturated rings. The van der Waals surface area contributed by atoms with Crippen molar-refractivity contribution in [3.8, 4) is 6.07 Å². The fourth-order valence-corrected chi connectivity index (χ4v) is 0.498. The van der Waals surface area contributed by atoms with Gasteiger partial charge in [0.2, 0.25) is 0 Å². The molecule has 7 heteroatoms. The van der Waals surface area contributed by atoms with Crippen LogP contribution in [0.1, 0.15) is 26.7 Å². The zero-order chi connectivity index (χ0) is 11.1. The van der Waals surface area contributed by atoms with Crippen LogP contribution in [0, 0.1) is 17.2 Å². The molecule has 0 saturated carbocycles. The van der Waals surface area contributed by atoms with E-state index in [9.17, 15) is 0 Å². The molecule has 1 nitrogen and oxygen atoms in total. The van der Waals surface area contributed by atoms with Gasteiger partial charge in [-0.15, -0.1) is 0 Å². The molecule has 0 rings (SSSR count). The topological polar surface area (TPSA) is 23.8 Å². The SMILES string of the molecule is CCCC(C)C#N.[Cl][Ta]([Cl])([Cl])([Cl])[Cl]. The van der Waals surface area contributed by atoms with Gasteiger partial charge in [0.05, 0.1) is 6.07 Å². The van der Waals surface area contributed by atoms with Crippen LogP contribution in [0.3, 0.4) is 0 Å². The molecule has 0 bridgehead atoms. The summed E-state index contributed by atoms with van der Waals surface area (Å²) in [7, 11) is 20.9. The van der Waals surface area contributed by atoms with Gasteiger partial charge in [0.1, 0.15) is 0 Å². The molecule has 80 valence electrons. The van der Waals surface area contributed by atoms with E-state index in [1.807, 2.05) is 6.92 Å². The molecule has 13 heavy (non-hydrogen) atoms. The van der Waals surface area contributed by atoms with Crippen molar-refractivity contribution in [1.29, 1.82) is 5.26 Å². The van der Waals surface area contributed by atoms with Crippen LogP contribution in [-0.2, 0) is 10.4 Å². The van der Waals surface area contributed by atoms with Crippen LogP contribution in [0.5, 0.6) is 0 Å². The monoisotopic (exact) mass is 453 g/mol. The Morgan fingerprint density at radius 3 is 1.62 bits per heavy atom. The second-order valence-corrected chi connectivity index (χ2v) is 48.9.